The molecule has 0 radical (unpaired) electrons. The third kappa shape index (κ3) is 3.04. The summed E-state index contributed by atoms with van der Waals surface area (Å²) in [4.78, 5) is 26.7. The van der Waals surface area contributed by atoms with E-state index in [2.05, 4.69) is 5.32 Å². The van der Waals surface area contributed by atoms with Crippen LogP contribution >= 0.6 is 0 Å². The maximum atomic E-state index is 12.6. The van der Waals surface area contributed by atoms with Gasteiger partial charge in [-0.1, -0.05) is 30.3 Å². The van der Waals surface area contributed by atoms with Crippen LogP contribution in [0.25, 0.3) is 0 Å². The molecule has 1 N–H and O–H groups in total. The molecule has 0 aliphatic carbocycles. The van der Waals surface area contributed by atoms with E-state index in [4.69, 9.17) is 0 Å². The molecule has 1 aliphatic rings. The third-order valence-electron chi connectivity index (χ3n) is 4.77. The number of amides is 2. The Morgan fingerprint density at radius 1 is 1.04 bits per heavy atom. The van der Waals surface area contributed by atoms with Gasteiger partial charge in [-0.3, -0.25) is 9.59 Å². The van der Waals surface area contributed by atoms with Crippen molar-refractivity contribution in [2.75, 3.05) is 16.8 Å². The molecular weight excluding hydrogens is 300 g/mol. The Bertz CT molecular complexity index is 798. The minimum atomic E-state index is -0.322. The van der Waals surface area contributed by atoms with E-state index in [1.807, 2.05) is 63.2 Å². The van der Waals surface area contributed by atoms with Gasteiger partial charge >= 0.3 is 0 Å². The second kappa shape index (κ2) is 6.48. The summed E-state index contributed by atoms with van der Waals surface area (Å²) in [5.74, 6) is -0.406. The van der Waals surface area contributed by atoms with Gasteiger partial charge in [-0.15, -0.1) is 0 Å². The van der Waals surface area contributed by atoms with Gasteiger partial charge in [0.2, 0.25) is 11.8 Å². The highest BCUT2D eigenvalue weighted by Crippen LogP contribution is 2.30. The lowest BCUT2D eigenvalue weighted by molar-refractivity contribution is -0.122. The van der Waals surface area contributed by atoms with Crippen LogP contribution in [0.4, 0.5) is 11.4 Å². The highest BCUT2D eigenvalue weighted by Gasteiger charge is 2.35. The number of rotatable bonds is 3. The van der Waals surface area contributed by atoms with E-state index in [1.165, 1.54) is 0 Å². The fourth-order valence-corrected chi connectivity index (χ4v) is 3.09. The third-order valence-corrected chi connectivity index (χ3v) is 4.77. The lowest BCUT2D eigenvalue weighted by Crippen LogP contribution is -2.28. The van der Waals surface area contributed by atoms with Crippen molar-refractivity contribution in [2.45, 2.75) is 27.2 Å². The molecule has 1 aliphatic heterocycles. The largest absolute Gasteiger partial charge is 0.326 e. The second-order valence-corrected chi connectivity index (χ2v) is 6.43. The van der Waals surface area contributed by atoms with Gasteiger partial charge in [-0.2, -0.15) is 0 Å². The SMILES string of the molecule is Cc1ccccc1NC(=O)[C@H]1CC(=O)N(c2cccc(C)c2C)C1. The number of aryl methyl sites for hydroxylation is 2. The second-order valence-electron chi connectivity index (χ2n) is 6.43. The molecule has 0 spiro atoms. The van der Waals surface area contributed by atoms with Crippen molar-refractivity contribution in [3.8, 4) is 0 Å². The summed E-state index contributed by atoms with van der Waals surface area (Å²) in [6.45, 7) is 6.43. The van der Waals surface area contributed by atoms with E-state index in [0.717, 1.165) is 28.1 Å². The highest BCUT2D eigenvalue weighted by atomic mass is 16.2. The van der Waals surface area contributed by atoms with Crippen LogP contribution < -0.4 is 10.2 Å². The summed E-state index contributed by atoms with van der Waals surface area (Å²) >= 11 is 0. The number of hydrogen-bond donors (Lipinski definition) is 1. The summed E-state index contributed by atoms with van der Waals surface area (Å²) in [6.07, 6.45) is 0.255. The topological polar surface area (TPSA) is 49.4 Å². The maximum absolute atomic E-state index is 12.6. The van der Waals surface area contributed by atoms with E-state index in [9.17, 15) is 9.59 Å². The van der Waals surface area contributed by atoms with E-state index in [1.54, 1.807) is 4.90 Å². The standard InChI is InChI=1S/C20H22N2O2/c1-13-8-6-10-18(15(13)3)22-12-16(11-19(22)23)20(24)21-17-9-5-4-7-14(17)2/h4-10,16H,11-12H2,1-3H3,(H,21,24)/t16-/m0/s1. The molecule has 0 bridgehead atoms. The Balaban J connectivity index is 1.76. The Hall–Kier alpha value is -2.62. The quantitative estimate of drug-likeness (QED) is 0.938. The first-order valence-corrected chi connectivity index (χ1v) is 8.20. The molecule has 1 fully saturated rings. The van der Waals surface area contributed by atoms with Crippen molar-refractivity contribution in [3.63, 3.8) is 0 Å². The van der Waals surface area contributed by atoms with Crippen LogP contribution in [0.1, 0.15) is 23.1 Å². The number of para-hydroxylation sites is 1. The summed E-state index contributed by atoms with van der Waals surface area (Å²) < 4.78 is 0. The van der Waals surface area contributed by atoms with Crippen LogP contribution in [0, 0.1) is 26.7 Å². The Morgan fingerprint density at radius 2 is 1.75 bits per heavy atom. The number of nitrogens with one attached hydrogen (secondary N) is 1. The van der Waals surface area contributed by atoms with Gasteiger partial charge in [-0.25, -0.2) is 0 Å². The van der Waals surface area contributed by atoms with Crippen molar-refractivity contribution >= 4 is 23.2 Å². The molecule has 1 atom stereocenters. The average molecular weight is 322 g/mol. The predicted octanol–water partition coefficient (Wildman–Crippen LogP) is 3.60. The minimum Gasteiger partial charge on any atom is -0.326 e. The summed E-state index contributed by atoms with van der Waals surface area (Å²) in [5, 5.41) is 2.95. The number of benzene rings is 2. The van der Waals surface area contributed by atoms with Crippen LogP contribution in [0.3, 0.4) is 0 Å². The van der Waals surface area contributed by atoms with Crippen LogP contribution in [0.5, 0.6) is 0 Å². The molecule has 0 unspecified atom stereocenters. The summed E-state index contributed by atoms with van der Waals surface area (Å²) in [6, 6.07) is 13.6. The molecule has 0 aromatic heterocycles. The van der Waals surface area contributed by atoms with Gasteiger partial charge in [0, 0.05) is 24.3 Å². The van der Waals surface area contributed by atoms with E-state index >= 15 is 0 Å². The number of hydrogen-bond acceptors (Lipinski definition) is 2. The normalized spacial score (nSPS) is 17.2. The number of nitrogens with zero attached hydrogens (tertiary/aromatic N) is 1. The molecule has 1 heterocycles. The Labute approximate surface area is 142 Å². The van der Waals surface area contributed by atoms with Crippen molar-refractivity contribution in [1.82, 2.24) is 0 Å². The van der Waals surface area contributed by atoms with E-state index in [0.29, 0.717) is 6.54 Å². The van der Waals surface area contributed by atoms with E-state index in [-0.39, 0.29) is 24.2 Å². The number of carbonyl (C=O) groups excluding carboxylic acids is 2. The van der Waals surface area contributed by atoms with Crippen molar-refractivity contribution in [3.05, 3.63) is 59.2 Å². The lowest BCUT2D eigenvalue weighted by atomic mass is 10.1. The average Bonchev–Trinajstić information content (AvgIpc) is 2.94. The fraction of sp³-hybridized carbons (Fsp3) is 0.300. The summed E-state index contributed by atoms with van der Waals surface area (Å²) in [5.41, 5.74) is 4.96. The van der Waals surface area contributed by atoms with Crippen molar-refractivity contribution < 1.29 is 9.59 Å². The molecule has 124 valence electrons. The first-order chi connectivity index (χ1) is 11.5. The van der Waals surface area contributed by atoms with E-state index < -0.39 is 0 Å². The molecule has 2 aromatic carbocycles. The van der Waals surface area contributed by atoms with Gasteiger partial charge in [0.15, 0.2) is 0 Å². The number of anilines is 2. The first kappa shape index (κ1) is 16.2. The molecule has 4 nitrogen and oxygen atoms in total. The smallest absolute Gasteiger partial charge is 0.229 e. The maximum Gasteiger partial charge on any atom is 0.229 e. The lowest BCUT2D eigenvalue weighted by Gasteiger charge is -2.20. The molecule has 3 rings (SSSR count). The highest BCUT2D eigenvalue weighted by molar-refractivity contribution is 6.04. The molecule has 2 amide bonds. The van der Waals surface area contributed by atoms with Gasteiger partial charge < -0.3 is 10.2 Å². The zero-order chi connectivity index (χ0) is 17.3. The van der Waals surface area contributed by atoms with Crippen molar-refractivity contribution in [2.24, 2.45) is 5.92 Å². The van der Waals surface area contributed by atoms with Crippen LogP contribution in [0.15, 0.2) is 42.5 Å². The monoisotopic (exact) mass is 322 g/mol. The zero-order valence-electron chi connectivity index (χ0n) is 14.3. The first-order valence-electron chi connectivity index (χ1n) is 8.20. The molecule has 2 aromatic rings. The predicted molar refractivity (Wildman–Crippen MR) is 96.2 cm³/mol. The zero-order valence-corrected chi connectivity index (χ0v) is 14.3. The fourth-order valence-electron chi connectivity index (χ4n) is 3.09. The molecule has 4 heteroatoms. The van der Waals surface area contributed by atoms with Gasteiger partial charge in [-0.05, 0) is 49.6 Å². The van der Waals surface area contributed by atoms with Crippen LogP contribution in [-0.2, 0) is 9.59 Å². The molecular formula is C20H22N2O2. The van der Waals surface area contributed by atoms with Gasteiger partial charge in [0.1, 0.15) is 0 Å². The Morgan fingerprint density at radius 3 is 2.50 bits per heavy atom. The van der Waals surface area contributed by atoms with Crippen LogP contribution in [-0.4, -0.2) is 18.4 Å². The summed E-state index contributed by atoms with van der Waals surface area (Å²) in [7, 11) is 0. The molecule has 1 saturated heterocycles. The minimum absolute atomic E-state index is 0.00799. The van der Waals surface area contributed by atoms with Crippen LogP contribution in [0.2, 0.25) is 0 Å². The number of carbonyl (C=O) groups is 2. The molecule has 0 saturated carbocycles. The van der Waals surface area contributed by atoms with Crippen molar-refractivity contribution in [1.29, 1.82) is 0 Å². The molecule has 24 heavy (non-hydrogen) atoms. The van der Waals surface area contributed by atoms with Gasteiger partial charge in [0.25, 0.3) is 0 Å². The van der Waals surface area contributed by atoms with Gasteiger partial charge in [0.05, 0.1) is 5.92 Å². The Kier molecular flexibility index (Phi) is 4.38.